The van der Waals surface area contributed by atoms with Crippen molar-refractivity contribution in [3.63, 3.8) is 0 Å². The zero-order valence-electron chi connectivity index (χ0n) is 9.33. The van der Waals surface area contributed by atoms with E-state index in [-0.39, 0.29) is 0 Å². The number of benzene rings is 1. The zero-order chi connectivity index (χ0) is 11.5. The van der Waals surface area contributed by atoms with Crippen molar-refractivity contribution < 1.29 is 4.74 Å². The molecular formula is C12H16BrNOS. The molecule has 0 spiro atoms. The second-order valence-electron chi connectivity index (χ2n) is 4.09. The number of rotatable bonds is 3. The van der Waals surface area contributed by atoms with Gasteiger partial charge in [-0.3, -0.25) is 0 Å². The van der Waals surface area contributed by atoms with E-state index in [1.807, 2.05) is 24.8 Å². The molecule has 0 aromatic heterocycles. The molecule has 1 aromatic carbocycles. The van der Waals surface area contributed by atoms with Gasteiger partial charge in [0.1, 0.15) is 0 Å². The third-order valence-corrected chi connectivity index (χ3v) is 4.88. The van der Waals surface area contributed by atoms with E-state index in [0.717, 1.165) is 28.1 Å². The summed E-state index contributed by atoms with van der Waals surface area (Å²) in [7, 11) is 0. The summed E-state index contributed by atoms with van der Waals surface area (Å²) in [6, 6.07) is 4.12. The van der Waals surface area contributed by atoms with E-state index in [1.54, 1.807) is 0 Å². The average Bonchev–Trinajstić information content (AvgIpc) is 2.74. The van der Waals surface area contributed by atoms with Crippen LogP contribution in [0.2, 0.25) is 0 Å². The van der Waals surface area contributed by atoms with Gasteiger partial charge in [-0.1, -0.05) is 0 Å². The minimum atomic E-state index is 0.426. The monoisotopic (exact) mass is 301 g/mol. The number of anilines is 1. The van der Waals surface area contributed by atoms with Gasteiger partial charge in [-0.25, -0.2) is 0 Å². The Kier molecular flexibility index (Phi) is 4.16. The van der Waals surface area contributed by atoms with Gasteiger partial charge in [0.2, 0.25) is 0 Å². The normalized spacial score (nSPS) is 20.2. The number of hydrogen-bond acceptors (Lipinski definition) is 3. The molecule has 88 valence electrons. The lowest BCUT2D eigenvalue weighted by atomic mass is 10.2. The Balaban J connectivity index is 2.00. The summed E-state index contributed by atoms with van der Waals surface area (Å²) in [5.74, 6) is 1.03. The van der Waals surface area contributed by atoms with Crippen molar-refractivity contribution >= 4 is 33.4 Å². The van der Waals surface area contributed by atoms with E-state index in [1.165, 1.54) is 17.7 Å². The van der Waals surface area contributed by atoms with Crippen molar-refractivity contribution in [1.82, 2.24) is 0 Å². The maximum absolute atomic E-state index is 5.84. The van der Waals surface area contributed by atoms with Crippen LogP contribution in [-0.2, 0) is 4.74 Å². The van der Waals surface area contributed by atoms with Crippen LogP contribution in [0.5, 0.6) is 0 Å². The number of hydrogen-bond donors (Lipinski definition) is 1. The lowest BCUT2D eigenvalue weighted by molar-refractivity contribution is 0.129. The van der Waals surface area contributed by atoms with Gasteiger partial charge in [0, 0.05) is 27.4 Å². The summed E-state index contributed by atoms with van der Waals surface area (Å²) in [4.78, 5) is 1.25. The molecule has 1 aromatic rings. The second-order valence-corrected chi connectivity index (χ2v) is 6.00. The third-order valence-electron chi connectivity index (χ3n) is 2.77. The molecular weight excluding hydrogens is 286 g/mol. The highest BCUT2D eigenvalue weighted by atomic mass is 79.9. The summed E-state index contributed by atoms with van der Waals surface area (Å²) >= 11 is 5.39. The quantitative estimate of drug-likeness (QED) is 0.684. The number of ether oxygens (including phenoxy) is 1. The smallest absolute Gasteiger partial charge is 0.0669 e. The summed E-state index contributed by atoms with van der Waals surface area (Å²) in [6.07, 6.45) is 2.82. The van der Waals surface area contributed by atoms with Crippen molar-refractivity contribution in [3.05, 3.63) is 22.2 Å². The molecule has 2 rings (SSSR count). The molecule has 0 aliphatic carbocycles. The molecule has 0 amide bonds. The lowest BCUT2D eigenvalue weighted by Gasteiger charge is -2.11. The second kappa shape index (κ2) is 5.43. The molecule has 2 nitrogen and oxygen atoms in total. The van der Waals surface area contributed by atoms with E-state index in [4.69, 9.17) is 10.5 Å². The van der Waals surface area contributed by atoms with Gasteiger partial charge < -0.3 is 10.5 Å². The van der Waals surface area contributed by atoms with Gasteiger partial charge >= 0.3 is 0 Å². The van der Waals surface area contributed by atoms with Gasteiger partial charge in [0.15, 0.2) is 0 Å². The fraction of sp³-hybridized carbons (Fsp3) is 0.500. The first-order valence-corrected chi connectivity index (χ1v) is 7.24. The van der Waals surface area contributed by atoms with Crippen molar-refractivity contribution in [2.75, 3.05) is 18.1 Å². The topological polar surface area (TPSA) is 35.2 Å². The van der Waals surface area contributed by atoms with Crippen LogP contribution in [0.25, 0.3) is 0 Å². The maximum Gasteiger partial charge on any atom is 0.0669 e. The number of thioether (sulfide) groups is 1. The molecule has 4 heteroatoms. The minimum Gasteiger partial charge on any atom is -0.398 e. The highest BCUT2D eigenvalue weighted by Gasteiger charge is 2.16. The molecule has 0 radical (unpaired) electrons. The van der Waals surface area contributed by atoms with Crippen LogP contribution in [0.4, 0.5) is 5.69 Å². The lowest BCUT2D eigenvalue weighted by Crippen LogP contribution is -2.07. The molecule has 2 N–H and O–H groups in total. The molecule has 16 heavy (non-hydrogen) atoms. The number of halogens is 1. The summed E-state index contributed by atoms with van der Waals surface area (Å²) in [5.41, 5.74) is 7.82. The van der Waals surface area contributed by atoms with E-state index in [2.05, 4.69) is 22.0 Å². The van der Waals surface area contributed by atoms with Gasteiger partial charge in [0.05, 0.1) is 6.10 Å². The molecule has 0 saturated carbocycles. The standard InChI is InChI=1S/C12H16BrNOS/c1-8-5-12(10(13)6-11(8)14)16-7-9-3-2-4-15-9/h5-6,9H,2-4,7,14H2,1H3. The van der Waals surface area contributed by atoms with Crippen LogP contribution < -0.4 is 5.73 Å². The van der Waals surface area contributed by atoms with E-state index < -0.39 is 0 Å². The molecule has 1 unspecified atom stereocenters. The third kappa shape index (κ3) is 2.93. The van der Waals surface area contributed by atoms with Crippen LogP contribution in [0.1, 0.15) is 18.4 Å². The zero-order valence-corrected chi connectivity index (χ0v) is 11.7. The summed E-state index contributed by atoms with van der Waals surface area (Å²) < 4.78 is 6.69. The molecule has 1 atom stereocenters. The highest BCUT2D eigenvalue weighted by Crippen LogP contribution is 2.33. The molecule has 1 aliphatic heterocycles. The predicted octanol–water partition coefficient (Wildman–Crippen LogP) is 3.61. The Morgan fingerprint density at radius 3 is 3.06 bits per heavy atom. The first-order chi connectivity index (χ1) is 7.66. The Labute approximate surface area is 109 Å². The molecule has 0 bridgehead atoms. The van der Waals surface area contributed by atoms with Crippen molar-refractivity contribution in [3.8, 4) is 0 Å². The van der Waals surface area contributed by atoms with Crippen LogP contribution in [0.3, 0.4) is 0 Å². The predicted molar refractivity (Wildman–Crippen MR) is 73.0 cm³/mol. The number of nitrogens with two attached hydrogens (primary N) is 1. The Hall–Kier alpha value is -0.190. The van der Waals surface area contributed by atoms with E-state index in [0.29, 0.717) is 6.10 Å². The van der Waals surface area contributed by atoms with Gasteiger partial charge in [-0.2, -0.15) is 0 Å². The minimum absolute atomic E-state index is 0.426. The van der Waals surface area contributed by atoms with Crippen LogP contribution in [0, 0.1) is 6.92 Å². The average molecular weight is 302 g/mol. The van der Waals surface area contributed by atoms with Crippen molar-refractivity contribution in [2.45, 2.75) is 30.8 Å². The maximum atomic E-state index is 5.84. The van der Waals surface area contributed by atoms with Gasteiger partial charge in [-0.05, 0) is 53.4 Å². The number of aryl methyl sites for hydroxylation is 1. The van der Waals surface area contributed by atoms with Gasteiger partial charge in [-0.15, -0.1) is 11.8 Å². The molecule has 1 saturated heterocycles. The molecule has 1 heterocycles. The van der Waals surface area contributed by atoms with Crippen LogP contribution in [0.15, 0.2) is 21.5 Å². The fourth-order valence-electron chi connectivity index (χ4n) is 1.74. The largest absolute Gasteiger partial charge is 0.398 e. The first-order valence-electron chi connectivity index (χ1n) is 5.47. The fourth-order valence-corrected chi connectivity index (χ4v) is 3.53. The van der Waals surface area contributed by atoms with Crippen molar-refractivity contribution in [1.29, 1.82) is 0 Å². The van der Waals surface area contributed by atoms with Crippen molar-refractivity contribution in [2.24, 2.45) is 0 Å². The van der Waals surface area contributed by atoms with Gasteiger partial charge in [0.25, 0.3) is 0 Å². The molecule has 1 fully saturated rings. The Morgan fingerprint density at radius 1 is 1.56 bits per heavy atom. The first kappa shape index (κ1) is 12.3. The number of nitrogen functional groups attached to an aromatic ring is 1. The molecule has 1 aliphatic rings. The Morgan fingerprint density at radius 2 is 2.38 bits per heavy atom. The van der Waals surface area contributed by atoms with Crippen LogP contribution in [-0.4, -0.2) is 18.5 Å². The van der Waals surface area contributed by atoms with E-state index in [9.17, 15) is 0 Å². The van der Waals surface area contributed by atoms with Crippen LogP contribution >= 0.6 is 27.7 Å². The van der Waals surface area contributed by atoms with E-state index >= 15 is 0 Å². The summed E-state index contributed by atoms with van der Waals surface area (Å²) in [6.45, 7) is 2.96. The summed E-state index contributed by atoms with van der Waals surface area (Å²) in [5, 5.41) is 0. The SMILES string of the molecule is Cc1cc(SCC2CCCO2)c(Br)cc1N. The highest BCUT2D eigenvalue weighted by molar-refractivity contribution is 9.10. The Bertz CT molecular complexity index is 378.